The minimum absolute atomic E-state index is 0.240. The molecule has 0 radical (unpaired) electrons. The zero-order valence-electron chi connectivity index (χ0n) is 12.0. The lowest BCUT2D eigenvalue weighted by atomic mass is 9.90. The highest BCUT2D eigenvalue weighted by Gasteiger charge is 2.40. The van der Waals surface area contributed by atoms with Gasteiger partial charge in [0.15, 0.2) is 5.79 Å². The van der Waals surface area contributed by atoms with Crippen molar-refractivity contribution in [2.45, 2.75) is 56.8 Å². The third-order valence-corrected chi connectivity index (χ3v) is 5.03. The lowest BCUT2D eigenvalue weighted by Gasteiger charge is -2.36. The fourth-order valence-electron chi connectivity index (χ4n) is 3.88. The van der Waals surface area contributed by atoms with E-state index in [1.807, 2.05) is 0 Å². The van der Waals surface area contributed by atoms with Crippen LogP contribution >= 0.6 is 0 Å². The van der Waals surface area contributed by atoms with Crippen molar-refractivity contribution < 1.29 is 9.47 Å². The van der Waals surface area contributed by atoms with Crippen molar-refractivity contribution in [1.29, 1.82) is 0 Å². The summed E-state index contributed by atoms with van der Waals surface area (Å²) in [5.41, 5.74) is 4.38. The fourth-order valence-corrected chi connectivity index (χ4v) is 3.88. The second-order valence-electron chi connectivity index (χ2n) is 6.36. The van der Waals surface area contributed by atoms with E-state index < -0.39 is 0 Å². The highest BCUT2D eigenvalue weighted by atomic mass is 16.7. The van der Waals surface area contributed by atoms with Crippen LogP contribution in [0.5, 0.6) is 0 Å². The SMILES string of the molecule is c1cc2c(cc1NC1CCC3(CC1)OCCO3)CCC2. The molecule has 108 valence electrons. The van der Waals surface area contributed by atoms with Crippen LogP contribution in [0.15, 0.2) is 18.2 Å². The van der Waals surface area contributed by atoms with Crippen LogP contribution in [0.4, 0.5) is 5.69 Å². The summed E-state index contributed by atoms with van der Waals surface area (Å²) < 4.78 is 11.6. The van der Waals surface area contributed by atoms with Gasteiger partial charge in [-0.05, 0) is 55.4 Å². The van der Waals surface area contributed by atoms with Gasteiger partial charge >= 0.3 is 0 Å². The maximum atomic E-state index is 5.79. The van der Waals surface area contributed by atoms with Crippen LogP contribution in [0.2, 0.25) is 0 Å². The molecule has 0 atom stereocenters. The minimum atomic E-state index is -0.240. The average molecular weight is 273 g/mol. The van der Waals surface area contributed by atoms with E-state index in [4.69, 9.17) is 9.47 Å². The van der Waals surface area contributed by atoms with Gasteiger partial charge in [-0.1, -0.05) is 6.07 Å². The summed E-state index contributed by atoms with van der Waals surface area (Å²) in [6.45, 7) is 1.53. The van der Waals surface area contributed by atoms with Gasteiger partial charge in [0.1, 0.15) is 0 Å². The Hall–Kier alpha value is -1.06. The molecule has 3 nitrogen and oxygen atoms in total. The van der Waals surface area contributed by atoms with Crippen LogP contribution in [-0.2, 0) is 22.3 Å². The second kappa shape index (κ2) is 5.05. The molecular formula is C17H23NO2. The smallest absolute Gasteiger partial charge is 0.168 e. The second-order valence-corrected chi connectivity index (χ2v) is 6.36. The molecule has 1 spiro atoms. The van der Waals surface area contributed by atoms with E-state index >= 15 is 0 Å². The maximum absolute atomic E-state index is 5.79. The van der Waals surface area contributed by atoms with E-state index in [0.29, 0.717) is 6.04 Å². The Morgan fingerprint density at radius 2 is 1.75 bits per heavy atom. The normalized spacial score (nSPS) is 25.0. The van der Waals surface area contributed by atoms with Gasteiger partial charge in [-0.25, -0.2) is 0 Å². The summed E-state index contributed by atoms with van der Waals surface area (Å²) in [6.07, 6.45) is 8.15. The Labute approximate surface area is 120 Å². The zero-order valence-corrected chi connectivity index (χ0v) is 12.0. The van der Waals surface area contributed by atoms with Gasteiger partial charge in [0.25, 0.3) is 0 Å². The summed E-state index contributed by atoms with van der Waals surface area (Å²) in [7, 11) is 0. The molecule has 3 aliphatic rings. The van der Waals surface area contributed by atoms with E-state index in [9.17, 15) is 0 Å². The number of nitrogens with one attached hydrogen (secondary N) is 1. The molecule has 0 amide bonds. The third-order valence-electron chi connectivity index (χ3n) is 5.03. The molecule has 0 bridgehead atoms. The molecular weight excluding hydrogens is 250 g/mol. The zero-order chi connectivity index (χ0) is 13.4. The first kappa shape index (κ1) is 12.7. The average Bonchev–Trinajstić information content (AvgIpc) is 3.11. The first-order valence-electron chi connectivity index (χ1n) is 7.99. The van der Waals surface area contributed by atoms with E-state index in [2.05, 4.69) is 23.5 Å². The highest BCUT2D eigenvalue weighted by Crippen LogP contribution is 2.37. The molecule has 1 aromatic carbocycles. The quantitative estimate of drug-likeness (QED) is 0.897. The Morgan fingerprint density at radius 1 is 1.00 bits per heavy atom. The number of rotatable bonds is 2. The maximum Gasteiger partial charge on any atom is 0.168 e. The van der Waals surface area contributed by atoms with Crippen LogP contribution in [0.3, 0.4) is 0 Å². The number of benzene rings is 1. The molecule has 1 aromatic rings. The topological polar surface area (TPSA) is 30.5 Å². The first-order valence-corrected chi connectivity index (χ1v) is 7.99. The van der Waals surface area contributed by atoms with Gasteiger partial charge in [0.05, 0.1) is 13.2 Å². The van der Waals surface area contributed by atoms with Gasteiger partial charge < -0.3 is 14.8 Å². The predicted octanol–water partition coefficient (Wildman–Crippen LogP) is 3.27. The summed E-state index contributed by atoms with van der Waals surface area (Å²) in [5.74, 6) is -0.240. The van der Waals surface area contributed by atoms with Gasteiger partial charge in [-0.15, -0.1) is 0 Å². The number of hydrogen-bond donors (Lipinski definition) is 1. The van der Waals surface area contributed by atoms with Crippen LogP contribution in [0.25, 0.3) is 0 Å². The largest absolute Gasteiger partial charge is 0.382 e. The van der Waals surface area contributed by atoms with Crippen LogP contribution < -0.4 is 5.32 Å². The van der Waals surface area contributed by atoms with Crippen molar-refractivity contribution in [3.63, 3.8) is 0 Å². The predicted molar refractivity (Wildman–Crippen MR) is 79.0 cm³/mol. The lowest BCUT2D eigenvalue weighted by Crippen LogP contribution is -2.39. The molecule has 4 rings (SSSR count). The van der Waals surface area contributed by atoms with Crippen molar-refractivity contribution in [2.24, 2.45) is 0 Å². The van der Waals surface area contributed by atoms with Gasteiger partial charge in [-0.2, -0.15) is 0 Å². The number of anilines is 1. The van der Waals surface area contributed by atoms with Gasteiger partial charge in [-0.3, -0.25) is 0 Å². The summed E-state index contributed by atoms with van der Waals surface area (Å²) in [5, 5.41) is 3.71. The minimum Gasteiger partial charge on any atom is -0.382 e. The van der Waals surface area contributed by atoms with Crippen molar-refractivity contribution in [2.75, 3.05) is 18.5 Å². The Kier molecular flexibility index (Phi) is 3.20. The highest BCUT2D eigenvalue weighted by molar-refractivity contribution is 5.50. The van der Waals surface area contributed by atoms with Crippen molar-refractivity contribution >= 4 is 5.69 Å². The van der Waals surface area contributed by atoms with Gasteiger partial charge in [0, 0.05) is 24.6 Å². The number of hydrogen-bond acceptors (Lipinski definition) is 3. The Morgan fingerprint density at radius 3 is 2.55 bits per heavy atom. The molecule has 1 saturated carbocycles. The molecule has 2 fully saturated rings. The molecule has 2 aliphatic carbocycles. The van der Waals surface area contributed by atoms with Crippen molar-refractivity contribution in [3.05, 3.63) is 29.3 Å². The number of aryl methyl sites for hydroxylation is 2. The fraction of sp³-hybridized carbons (Fsp3) is 0.647. The van der Waals surface area contributed by atoms with Crippen LogP contribution in [0, 0.1) is 0 Å². The van der Waals surface area contributed by atoms with Crippen LogP contribution in [0.1, 0.15) is 43.2 Å². The molecule has 3 heteroatoms. The first-order chi connectivity index (χ1) is 9.83. The lowest BCUT2D eigenvalue weighted by molar-refractivity contribution is -0.177. The summed E-state index contributed by atoms with van der Waals surface area (Å²) in [4.78, 5) is 0. The monoisotopic (exact) mass is 273 g/mol. The Bertz CT molecular complexity index is 484. The van der Waals surface area contributed by atoms with E-state index in [-0.39, 0.29) is 5.79 Å². The van der Waals surface area contributed by atoms with Crippen molar-refractivity contribution in [3.8, 4) is 0 Å². The molecule has 1 N–H and O–H groups in total. The molecule has 1 aliphatic heterocycles. The third kappa shape index (κ3) is 2.33. The molecule has 0 aromatic heterocycles. The van der Waals surface area contributed by atoms with E-state index in [1.165, 1.54) is 24.9 Å². The van der Waals surface area contributed by atoms with Gasteiger partial charge in [0.2, 0.25) is 0 Å². The summed E-state index contributed by atoms with van der Waals surface area (Å²) >= 11 is 0. The summed E-state index contributed by atoms with van der Waals surface area (Å²) in [6, 6.07) is 7.47. The van der Waals surface area contributed by atoms with Crippen LogP contribution in [-0.4, -0.2) is 25.0 Å². The number of fused-ring (bicyclic) bond motifs is 1. The standard InChI is InChI=1S/C17H23NO2/c1-2-13-4-5-16(12-14(13)3-1)18-15-6-8-17(9-7-15)19-10-11-20-17/h4-5,12,15,18H,1-3,6-11H2. The molecule has 1 saturated heterocycles. The van der Waals surface area contributed by atoms with E-state index in [0.717, 1.165) is 38.9 Å². The van der Waals surface area contributed by atoms with Crippen molar-refractivity contribution in [1.82, 2.24) is 0 Å². The van der Waals surface area contributed by atoms with E-state index in [1.54, 1.807) is 11.1 Å². The molecule has 1 heterocycles. The molecule has 20 heavy (non-hydrogen) atoms. The molecule has 0 unspecified atom stereocenters. The Balaban J connectivity index is 1.38. The number of ether oxygens (including phenoxy) is 2.